The molecule has 0 aliphatic carbocycles. The molecule has 6 nitrogen and oxygen atoms in total. The van der Waals surface area contributed by atoms with Gasteiger partial charge in [-0.15, -0.1) is 0 Å². The van der Waals surface area contributed by atoms with Crippen molar-refractivity contribution in [2.45, 2.75) is 26.2 Å². The number of nitrogens with zero attached hydrogens (tertiary/aromatic N) is 1. The minimum atomic E-state index is 0.359. The fraction of sp³-hybridized carbons (Fsp3) is 0.435. The van der Waals surface area contributed by atoms with Gasteiger partial charge < -0.3 is 24.8 Å². The highest BCUT2D eigenvalue weighted by atomic mass is 16.5. The Morgan fingerprint density at radius 2 is 1.66 bits per heavy atom. The van der Waals surface area contributed by atoms with Gasteiger partial charge in [0.15, 0.2) is 17.5 Å². The van der Waals surface area contributed by atoms with Gasteiger partial charge in [0, 0.05) is 31.1 Å². The van der Waals surface area contributed by atoms with Crippen LogP contribution in [0.4, 0.5) is 0 Å². The van der Waals surface area contributed by atoms with Gasteiger partial charge in [-0.3, -0.25) is 4.99 Å². The fourth-order valence-corrected chi connectivity index (χ4v) is 3.13. The molecule has 29 heavy (non-hydrogen) atoms. The molecule has 0 bridgehead atoms. The summed E-state index contributed by atoms with van der Waals surface area (Å²) in [5, 5.41) is 6.71. The van der Waals surface area contributed by atoms with Gasteiger partial charge in [-0.25, -0.2) is 0 Å². The van der Waals surface area contributed by atoms with Crippen molar-refractivity contribution < 1.29 is 14.2 Å². The molecule has 2 N–H and O–H groups in total. The molecule has 2 aromatic rings. The normalized spacial score (nSPS) is 12.2. The van der Waals surface area contributed by atoms with E-state index in [1.54, 1.807) is 21.3 Å². The zero-order valence-electron chi connectivity index (χ0n) is 18.1. The van der Waals surface area contributed by atoms with Crippen LogP contribution >= 0.6 is 0 Å². The molecule has 0 spiro atoms. The van der Waals surface area contributed by atoms with E-state index in [1.165, 1.54) is 5.56 Å². The number of benzene rings is 2. The lowest BCUT2D eigenvalue weighted by Crippen LogP contribution is -2.38. The number of aliphatic imine (C=N–C) groups is 1. The molecular formula is C23H33N3O3. The van der Waals surface area contributed by atoms with Crippen LogP contribution in [0.2, 0.25) is 0 Å². The van der Waals surface area contributed by atoms with Crippen LogP contribution in [0.25, 0.3) is 0 Å². The maximum absolute atomic E-state index is 5.56. The molecule has 0 saturated heterocycles. The number of ether oxygens (including phenoxy) is 3. The van der Waals surface area contributed by atoms with Gasteiger partial charge in [0.05, 0.1) is 21.3 Å². The van der Waals surface area contributed by atoms with Crippen LogP contribution in [0.15, 0.2) is 47.5 Å². The van der Waals surface area contributed by atoms with E-state index < -0.39 is 0 Å². The maximum Gasteiger partial charge on any atom is 0.203 e. The van der Waals surface area contributed by atoms with Gasteiger partial charge in [-0.2, -0.15) is 0 Å². The van der Waals surface area contributed by atoms with E-state index in [0.717, 1.165) is 37.6 Å². The highest BCUT2D eigenvalue weighted by molar-refractivity contribution is 5.79. The molecule has 1 atom stereocenters. The van der Waals surface area contributed by atoms with E-state index in [9.17, 15) is 0 Å². The van der Waals surface area contributed by atoms with Crippen molar-refractivity contribution in [3.63, 3.8) is 0 Å². The molecule has 0 saturated carbocycles. The van der Waals surface area contributed by atoms with Gasteiger partial charge >= 0.3 is 0 Å². The Kier molecular flexibility index (Phi) is 9.15. The van der Waals surface area contributed by atoms with E-state index in [1.807, 2.05) is 18.2 Å². The molecule has 0 amide bonds. The first-order chi connectivity index (χ1) is 14.1. The number of hydrogen-bond acceptors (Lipinski definition) is 4. The van der Waals surface area contributed by atoms with Crippen molar-refractivity contribution in [2.24, 2.45) is 4.99 Å². The van der Waals surface area contributed by atoms with Gasteiger partial charge in [-0.1, -0.05) is 43.3 Å². The Labute approximate surface area is 174 Å². The summed E-state index contributed by atoms with van der Waals surface area (Å²) in [7, 11) is 4.88. The molecule has 0 radical (unpaired) electrons. The van der Waals surface area contributed by atoms with Gasteiger partial charge in [-0.05, 0) is 25.0 Å². The summed E-state index contributed by atoms with van der Waals surface area (Å²) < 4.78 is 16.4. The molecule has 6 heteroatoms. The Morgan fingerprint density at radius 1 is 0.931 bits per heavy atom. The first-order valence-corrected chi connectivity index (χ1v) is 9.99. The topological polar surface area (TPSA) is 64.1 Å². The van der Waals surface area contributed by atoms with E-state index >= 15 is 0 Å². The minimum absolute atomic E-state index is 0.359. The van der Waals surface area contributed by atoms with Gasteiger partial charge in [0.2, 0.25) is 5.75 Å². The van der Waals surface area contributed by atoms with Crippen molar-refractivity contribution in [3.05, 3.63) is 53.6 Å². The van der Waals surface area contributed by atoms with Gasteiger partial charge in [0.1, 0.15) is 0 Å². The van der Waals surface area contributed by atoms with E-state index in [0.29, 0.717) is 23.2 Å². The number of guanidine groups is 1. The molecule has 0 aromatic heterocycles. The Hall–Kier alpha value is -2.89. The Bertz CT molecular complexity index is 778. The minimum Gasteiger partial charge on any atom is -0.493 e. The van der Waals surface area contributed by atoms with Crippen molar-refractivity contribution in [3.8, 4) is 17.2 Å². The Morgan fingerprint density at radius 3 is 2.28 bits per heavy atom. The summed E-state index contributed by atoms with van der Waals surface area (Å²) in [6.07, 6.45) is 0.766. The van der Waals surface area contributed by atoms with E-state index in [2.05, 4.69) is 48.7 Å². The Balaban J connectivity index is 2.00. The predicted molar refractivity (Wildman–Crippen MR) is 119 cm³/mol. The summed E-state index contributed by atoms with van der Waals surface area (Å²) >= 11 is 0. The molecule has 158 valence electrons. The van der Waals surface area contributed by atoms with Crippen LogP contribution in [-0.4, -0.2) is 46.9 Å². The lowest BCUT2D eigenvalue weighted by molar-refractivity contribution is 0.322. The van der Waals surface area contributed by atoms with Crippen LogP contribution in [0.5, 0.6) is 17.2 Å². The fourth-order valence-electron chi connectivity index (χ4n) is 3.13. The van der Waals surface area contributed by atoms with Crippen molar-refractivity contribution in [2.75, 3.05) is 41.0 Å². The van der Waals surface area contributed by atoms with Gasteiger partial charge in [0.25, 0.3) is 0 Å². The third-order valence-corrected chi connectivity index (χ3v) is 4.71. The average molecular weight is 400 g/mol. The number of methoxy groups -OCH3 is 3. The van der Waals surface area contributed by atoms with Crippen LogP contribution in [0, 0.1) is 0 Å². The SMILES string of the molecule is CCNC(=NCC(C)c1ccccc1)NCCc1ccc(OC)c(OC)c1OC. The number of rotatable bonds is 10. The second kappa shape index (κ2) is 11.8. The second-order valence-corrected chi connectivity index (χ2v) is 6.70. The molecule has 2 aromatic carbocycles. The largest absolute Gasteiger partial charge is 0.493 e. The third kappa shape index (κ3) is 6.31. The zero-order chi connectivity index (χ0) is 21.1. The third-order valence-electron chi connectivity index (χ3n) is 4.71. The second-order valence-electron chi connectivity index (χ2n) is 6.70. The monoisotopic (exact) mass is 399 g/mol. The number of nitrogens with one attached hydrogen (secondary N) is 2. The zero-order valence-corrected chi connectivity index (χ0v) is 18.1. The summed E-state index contributed by atoms with van der Waals surface area (Å²) in [4.78, 5) is 4.74. The molecule has 0 heterocycles. The van der Waals surface area contributed by atoms with Crippen molar-refractivity contribution in [1.29, 1.82) is 0 Å². The molecular weight excluding hydrogens is 366 g/mol. The average Bonchev–Trinajstić information content (AvgIpc) is 2.77. The standard InChI is InChI=1S/C23H33N3O3/c1-6-24-23(26-16-17(2)18-10-8-7-9-11-18)25-15-14-19-12-13-20(27-3)22(29-5)21(19)28-4/h7-13,17H,6,14-16H2,1-5H3,(H2,24,25,26). The quantitative estimate of drug-likeness (QED) is 0.472. The molecule has 1 unspecified atom stereocenters. The molecule has 2 rings (SSSR count). The highest BCUT2D eigenvalue weighted by Gasteiger charge is 2.15. The van der Waals surface area contributed by atoms with Crippen molar-refractivity contribution in [1.82, 2.24) is 10.6 Å². The van der Waals surface area contributed by atoms with E-state index in [-0.39, 0.29) is 0 Å². The molecule has 0 aliphatic heterocycles. The lowest BCUT2D eigenvalue weighted by atomic mass is 10.0. The van der Waals surface area contributed by atoms with Crippen LogP contribution in [0.1, 0.15) is 30.9 Å². The van der Waals surface area contributed by atoms with Crippen molar-refractivity contribution >= 4 is 5.96 Å². The van der Waals surface area contributed by atoms with Crippen LogP contribution in [-0.2, 0) is 6.42 Å². The predicted octanol–water partition coefficient (Wildman–Crippen LogP) is 3.61. The summed E-state index contributed by atoms with van der Waals surface area (Å²) in [5.74, 6) is 3.15. The lowest BCUT2D eigenvalue weighted by Gasteiger charge is -2.17. The van der Waals surface area contributed by atoms with Crippen LogP contribution < -0.4 is 24.8 Å². The first-order valence-electron chi connectivity index (χ1n) is 9.99. The van der Waals surface area contributed by atoms with Crippen LogP contribution in [0.3, 0.4) is 0 Å². The summed E-state index contributed by atoms with van der Waals surface area (Å²) in [6, 6.07) is 14.4. The van der Waals surface area contributed by atoms with E-state index in [4.69, 9.17) is 19.2 Å². The smallest absolute Gasteiger partial charge is 0.203 e. The summed E-state index contributed by atoms with van der Waals surface area (Å²) in [6.45, 7) is 6.51. The first kappa shape index (κ1) is 22.4. The maximum atomic E-state index is 5.56. The molecule has 0 fully saturated rings. The molecule has 0 aliphatic rings. The highest BCUT2D eigenvalue weighted by Crippen LogP contribution is 2.39. The summed E-state index contributed by atoms with van der Waals surface area (Å²) in [5.41, 5.74) is 2.34. The number of hydrogen-bond donors (Lipinski definition) is 2.